The summed E-state index contributed by atoms with van der Waals surface area (Å²) in [5.74, 6) is -0.179. The lowest BCUT2D eigenvalue weighted by Gasteiger charge is -2.30. The third-order valence-electron chi connectivity index (χ3n) is 2.57. The molecule has 0 rings (SSSR count). The minimum absolute atomic E-state index is 0.0921. The number of carbonyl (C=O) groups is 2. The molecule has 0 aliphatic carbocycles. The normalized spacial score (nSPS) is 12.4. The summed E-state index contributed by atoms with van der Waals surface area (Å²) in [6, 6.07) is 0. The van der Waals surface area contributed by atoms with E-state index in [0.717, 1.165) is 0 Å². The predicted molar refractivity (Wildman–Crippen MR) is 54.9 cm³/mol. The van der Waals surface area contributed by atoms with Crippen LogP contribution in [0.2, 0.25) is 0 Å². The molecule has 0 atom stereocenters. The van der Waals surface area contributed by atoms with E-state index in [1.54, 1.807) is 20.8 Å². The Morgan fingerprint density at radius 2 is 1.50 bits per heavy atom. The molecule has 0 aromatic carbocycles. The van der Waals surface area contributed by atoms with Crippen molar-refractivity contribution in [1.82, 2.24) is 0 Å². The summed E-state index contributed by atoms with van der Waals surface area (Å²) in [6.45, 7) is 8.83. The van der Waals surface area contributed by atoms with Crippen molar-refractivity contribution >= 4 is 11.8 Å². The first-order valence-corrected chi connectivity index (χ1v) is 4.73. The van der Waals surface area contributed by atoms with Crippen LogP contribution >= 0.6 is 0 Å². The fraction of sp³-hybridized carbons (Fsp3) is 0.818. The van der Waals surface area contributed by atoms with Gasteiger partial charge in [0.15, 0.2) is 0 Å². The summed E-state index contributed by atoms with van der Waals surface area (Å²) >= 11 is 0. The number of esters is 1. The van der Waals surface area contributed by atoms with Crippen LogP contribution in [-0.4, -0.2) is 18.9 Å². The monoisotopic (exact) mass is 200 g/mol. The quantitative estimate of drug-likeness (QED) is 0.653. The first kappa shape index (κ1) is 13.1. The van der Waals surface area contributed by atoms with E-state index >= 15 is 0 Å². The number of Topliss-reactive ketones (excluding diaryl/α,β-unsaturated/α-hetero) is 1. The van der Waals surface area contributed by atoms with Gasteiger partial charge < -0.3 is 4.74 Å². The summed E-state index contributed by atoms with van der Waals surface area (Å²) in [5.41, 5.74) is -1.08. The Morgan fingerprint density at radius 1 is 1.07 bits per heavy atom. The average molecular weight is 200 g/mol. The van der Waals surface area contributed by atoms with Crippen LogP contribution in [0.25, 0.3) is 0 Å². The topological polar surface area (TPSA) is 43.4 Å². The van der Waals surface area contributed by atoms with Crippen LogP contribution in [0.3, 0.4) is 0 Å². The molecule has 0 saturated carbocycles. The maximum atomic E-state index is 11.4. The van der Waals surface area contributed by atoms with Crippen LogP contribution in [0.1, 0.15) is 41.0 Å². The van der Waals surface area contributed by atoms with Crippen LogP contribution < -0.4 is 0 Å². The fourth-order valence-corrected chi connectivity index (χ4v) is 1.58. The second-order valence-electron chi connectivity index (χ2n) is 4.99. The highest BCUT2D eigenvalue weighted by Gasteiger charge is 2.37. The van der Waals surface area contributed by atoms with Crippen LogP contribution in [0.5, 0.6) is 0 Å². The van der Waals surface area contributed by atoms with E-state index < -0.39 is 10.8 Å². The van der Waals surface area contributed by atoms with Crippen LogP contribution in [0.4, 0.5) is 0 Å². The van der Waals surface area contributed by atoms with Crippen molar-refractivity contribution in [1.29, 1.82) is 0 Å². The molecule has 0 radical (unpaired) electrons. The molecular weight excluding hydrogens is 180 g/mol. The molecule has 0 heterocycles. The Hall–Kier alpha value is -0.860. The molecule has 0 aliphatic rings. The number of ketones is 1. The molecule has 0 bridgehead atoms. The fourth-order valence-electron chi connectivity index (χ4n) is 1.58. The number of hydrogen-bond acceptors (Lipinski definition) is 3. The van der Waals surface area contributed by atoms with E-state index in [1.807, 2.05) is 13.8 Å². The molecule has 0 unspecified atom stereocenters. The van der Waals surface area contributed by atoms with E-state index in [2.05, 4.69) is 0 Å². The molecule has 14 heavy (non-hydrogen) atoms. The van der Waals surface area contributed by atoms with Crippen LogP contribution in [-0.2, 0) is 14.3 Å². The number of rotatable bonds is 4. The highest BCUT2D eigenvalue weighted by molar-refractivity contribution is 5.83. The van der Waals surface area contributed by atoms with Gasteiger partial charge >= 0.3 is 5.97 Å². The Bertz CT molecular complexity index is 239. The Balaban J connectivity index is 4.66. The van der Waals surface area contributed by atoms with Gasteiger partial charge in [0.05, 0.1) is 12.5 Å². The van der Waals surface area contributed by atoms with Crippen molar-refractivity contribution in [2.45, 2.75) is 41.0 Å². The molecule has 0 spiro atoms. The SMILES string of the molecule is COC(=O)C(C)(C)CC(C)(C)C(C)=O. The molecule has 0 N–H and O–H groups in total. The average Bonchev–Trinajstić information content (AvgIpc) is 2.00. The zero-order valence-corrected chi connectivity index (χ0v) is 9.93. The zero-order valence-electron chi connectivity index (χ0n) is 9.93. The van der Waals surface area contributed by atoms with Crippen molar-refractivity contribution in [2.24, 2.45) is 10.8 Å². The zero-order chi connectivity index (χ0) is 11.6. The number of ether oxygens (including phenoxy) is 1. The van der Waals surface area contributed by atoms with Crippen LogP contribution in [0.15, 0.2) is 0 Å². The van der Waals surface area contributed by atoms with E-state index in [9.17, 15) is 9.59 Å². The first-order chi connectivity index (χ1) is 6.13. The molecule has 0 amide bonds. The third-order valence-corrected chi connectivity index (χ3v) is 2.57. The molecule has 3 heteroatoms. The molecular formula is C11H20O3. The summed E-state index contributed by atoms with van der Waals surface area (Å²) in [7, 11) is 1.37. The van der Waals surface area contributed by atoms with Gasteiger partial charge in [-0.15, -0.1) is 0 Å². The van der Waals surface area contributed by atoms with Gasteiger partial charge in [-0.3, -0.25) is 9.59 Å². The predicted octanol–water partition coefficient (Wildman–Crippen LogP) is 2.19. The van der Waals surface area contributed by atoms with Gasteiger partial charge in [0.25, 0.3) is 0 Å². The molecule has 0 aliphatic heterocycles. The Labute approximate surface area is 85.8 Å². The molecule has 0 fully saturated rings. The maximum Gasteiger partial charge on any atom is 0.311 e. The number of hydrogen-bond donors (Lipinski definition) is 0. The number of carbonyl (C=O) groups excluding carboxylic acids is 2. The van der Waals surface area contributed by atoms with Crippen molar-refractivity contribution in [3.63, 3.8) is 0 Å². The first-order valence-electron chi connectivity index (χ1n) is 4.73. The van der Waals surface area contributed by atoms with Crippen molar-refractivity contribution in [3.05, 3.63) is 0 Å². The van der Waals surface area contributed by atoms with E-state index in [4.69, 9.17) is 4.74 Å². The van der Waals surface area contributed by atoms with Crippen LogP contribution in [0, 0.1) is 10.8 Å². The van der Waals surface area contributed by atoms with Gasteiger partial charge in [0.1, 0.15) is 5.78 Å². The van der Waals surface area contributed by atoms with Gasteiger partial charge in [0, 0.05) is 5.41 Å². The summed E-state index contributed by atoms with van der Waals surface area (Å²) < 4.78 is 4.69. The van der Waals surface area contributed by atoms with E-state index in [1.165, 1.54) is 7.11 Å². The van der Waals surface area contributed by atoms with Crippen molar-refractivity contribution in [3.8, 4) is 0 Å². The highest BCUT2D eigenvalue weighted by atomic mass is 16.5. The largest absolute Gasteiger partial charge is 0.469 e. The third kappa shape index (κ3) is 3.13. The summed E-state index contributed by atoms with van der Waals surface area (Å²) in [4.78, 5) is 22.7. The van der Waals surface area contributed by atoms with Gasteiger partial charge in [-0.2, -0.15) is 0 Å². The van der Waals surface area contributed by atoms with Crippen molar-refractivity contribution < 1.29 is 14.3 Å². The lowest BCUT2D eigenvalue weighted by Crippen LogP contribution is -2.34. The molecule has 0 saturated heterocycles. The second kappa shape index (κ2) is 4.11. The number of methoxy groups -OCH3 is 1. The van der Waals surface area contributed by atoms with Gasteiger partial charge in [-0.05, 0) is 27.2 Å². The minimum Gasteiger partial charge on any atom is -0.469 e. The maximum absolute atomic E-state index is 11.4. The molecule has 82 valence electrons. The van der Waals surface area contributed by atoms with Gasteiger partial charge in [-0.1, -0.05) is 13.8 Å². The van der Waals surface area contributed by atoms with E-state index in [-0.39, 0.29) is 11.8 Å². The Kier molecular flexibility index (Phi) is 3.86. The standard InChI is InChI=1S/C11H20O3/c1-8(12)10(2,3)7-11(4,5)9(13)14-6/h7H2,1-6H3. The van der Waals surface area contributed by atoms with E-state index in [0.29, 0.717) is 6.42 Å². The smallest absolute Gasteiger partial charge is 0.311 e. The molecule has 3 nitrogen and oxygen atoms in total. The molecule has 0 aromatic heterocycles. The Morgan fingerprint density at radius 3 is 1.79 bits per heavy atom. The summed E-state index contributed by atoms with van der Waals surface area (Å²) in [6.07, 6.45) is 0.502. The van der Waals surface area contributed by atoms with Crippen molar-refractivity contribution in [2.75, 3.05) is 7.11 Å². The van der Waals surface area contributed by atoms with Gasteiger partial charge in [0.2, 0.25) is 0 Å². The van der Waals surface area contributed by atoms with Gasteiger partial charge in [-0.25, -0.2) is 0 Å². The minimum atomic E-state index is -0.607. The molecule has 0 aromatic rings. The highest BCUT2D eigenvalue weighted by Crippen LogP contribution is 2.35. The lowest BCUT2D eigenvalue weighted by atomic mass is 9.73. The summed E-state index contributed by atoms with van der Waals surface area (Å²) in [5, 5.41) is 0. The second-order valence-corrected chi connectivity index (χ2v) is 4.99. The lowest BCUT2D eigenvalue weighted by molar-refractivity contribution is -0.153.